The molecule has 0 atom stereocenters. The highest BCUT2D eigenvalue weighted by molar-refractivity contribution is 7.22. The summed E-state index contributed by atoms with van der Waals surface area (Å²) in [5.41, 5.74) is 0.723. The van der Waals surface area contributed by atoms with Crippen molar-refractivity contribution in [1.29, 1.82) is 0 Å². The second-order valence-corrected chi connectivity index (χ2v) is 7.45. The summed E-state index contributed by atoms with van der Waals surface area (Å²) in [7, 11) is 3.94. The normalized spacial score (nSPS) is 10.7. The zero-order valence-corrected chi connectivity index (χ0v) is 17.5. The Morgan fingerprint density at radius 3 is 2.52 bits per heavy atom. The van der Waals surface area contributed by atoms with E-state index in [0.29, 0.717) is 22.4 Å². The van der Waals surface area contributed by atoms with Crippen LogP contribution in [-0.2, 0) is 4.79 Å². The number of carbonyl (C=O) groups excluding carboxylic acids is 1. The number of benzene rings is 2. The molecule has 0 aliphatic heterocycles. The Balaban J connectivity index is 0.00000261. The Labute approximate surface area is 173 Å². The molecule has 3 aromatic rings. The summed E-state index contributed by atoms with van der Waals surface area (Å²) in [6.07, 6.45) is 0. The average Bonchev–Trinajstić information content (AvgIpc) is 3.06. The van der Waals surface area contributed by atoms with Gasteiger partial charge in [0.25, 0.3) is 5.91 Å². The minimum absolute atomic E-state index is 0. The van der Waals surface area contributed by atoms with Gasteiger partial charge < -0.3 is 9.64 Å². The van der Waals surface area contributed by atoms with Crippen molar-refractivity contribution in [3.05, 3.63) is 53.6 Å². The SMILES string of the molecule is CN(C)CCN(C(=O)COc1ccccc1)c1nc2c(Cl)cccc2s1.Cl. The second kappa shape index (κ2) is 9.90. The van der Waals surface area contributed by atoms with Crippen LogP contribution < -0.4 is 9.64 Å². The molecular formula is C19H21Cl2N3O2S. The number of hydrogen-bond acceptors (Lipinski definition) is 5. The highest BCUT2D eigenvalue weighted by Gasteiger charge is 2.21. The molecule has 144 valence electrons. The van der Waals surface area contributed by atoms with E-state index in [1.165, 1.54) is 11.3 Å². The minimum Gasteiger partial charge on any atom is -0.484 e. The Morgan fingerprint density at radius 1 is 1.11 bits per heavy atom. The van der Waals surface area contributed by atoms with Crippen LogP contribution in [0.2, 0.25) is 5.02 Å². The molecule has 27 heavy (non-hydrogen) atoms. The molecule has 0 aliphatic rings. The van der Waals surface area contributed by atoms with Crippen LogP contribution in [0, 0.1) is 0 Å². The summed E-state index contributed by atoms with van der Waals surface area (Å²) < 4.78 is 6.58. The van der Waals surface area contributed by atoms with Crippen LogP contribution in [0.3, 0.4) is 0 Å². The van der Waals surface area contributed by atoms with Crippen molar-refractivity contribution < 1.29 is 9.53 Å². The van der Waals surface area contributed by atoms with Crippen LogP contribution in [0.15, 0.2) is 48.5 Å². The van der Waals surface area contributed by atoms with Gasteiger partial charge in [-0.3, -0.25) is 9.69 Å². The molecule has 8 heteroatoms. The predicted molar refractivity (Wildman–Crippen MR) is 115 cm³/mol. The Hall–Kier alpha value is -1.86. The summed E-state index contributed by atoms with van der Waals surface area (Å²) in [6, 6.07) is 15.0. The van der Waals surface area contributed by atoms with E-state index in [1.54, 1.807) is 11.0 Å². The molecule has 0 spiro atoms. The maximum Gasteiger partial charge on any atom is 0.266 e. The lowest BCUT2D eigenvalue weighted by Gasteiger charge is -2.22. The number of anilines is 1. The topological polar surface area (TPSA) is 45.7 Å². The maximum atomic E-state index is 12.8. The third-order valence-electron chi connectivity index (χ3n) is 3.77. The van der Waals surface area contributed by atoms with Crippen LogP contribution >= 0.6 is 35.3 Å². The van der Waals surface area contributed by atoms with Crippen molar-refractivity contribution in [2.24, 2.45) is 0 Å². The third-order valence-corrected chi connectivity index (χ3v) is 5.12. The number of likely N-dealkylation sites (N-methyl/N-ethyl adjacent to an activating group) is 1. The van der Waals surface area contributed by atoms with Gasteiger partial charge in [0.05, 0.1) is 9.72 Å². The van der Waals surface area contributed by atoms with E-state index in [2.05, 4.69) is 4.98 Å². The first kappa shape index (κ1) is 21.4. The van der Waals surface area contributed by atoms with Crippen LogP contribution in [0.25, 0.3) is 10.2 Å². The van der Waals surface area contributed by atoms with Crippen LogP contribution in [0.4, 0.5) is 5.13 Å². The summed E-state index contributed by atoms with van der Waals surface area (Å²) in [4.78, 5) is 21.1. The summed E-state index contributed by atoms with van der Waals surface area (Å²) in [5.74, 6) is 0.534. The van der Waals surface area contributed by atoms with E-state index < -0.39 is 0 Å². The van der Waals surface area contributed by atoms with E-state index in [9.17, 15) is 4.79 Å². The minimum atomic E-state index is -0.133. The molecule has 0 saturated heterocycles. The van der Waals surface area contributed by atoms with E-state index >= 15 is 0 Å². The highest BCUT2D eigenvalue weighted by Crippen LogP contribution is 2.32. The molecule has 2 aromatic carbocycles. The number of ether oxygens (including phenoxy) is 1. The van der Waals surface area contributed by atoms with Gasteiger partial charge in [0.2, 0.25) is 0 Å². The highest BCUT2D eigenvalue weighted by atomic mass is 35.5. The standard InChI is InChI=1S/C19H20ClN3O2S.ClH/c1-22(2)11-12-23(17(24)13-25-14-7-4-3-5-8-14)19-21-18-15(20)9-6-10-16(18)26-19;/h3-10H,11-13H2,1-2H3;1H. The fraction of sp³-hybridized carbons (Fsp3) is 0.263. The van der Waals surface area contributed by atoms with Crippen molar-refractivity contribution in [3.63, 3.8) is 0 Å². The van der Waals surface area contributed by atoms with Gasteiger partial charge in [0.1, 0.15) is 11.3 Å². The molecule has 1 amide bonds. The Bertz CT molecular complexity index is 887. The largest absolute Gasteiger partial charge is 0.484 e. The van der Waals surface area contributed by atoms with Gasteiger partial charge >= 0.3 is 0 Å². The lowest BCUT2D eigenvalue weighted by atomic mass is 10.3. The number of para-hydroxylation sites is 2. The first-order valence-corrected chi connectivity index (χ1v) is 9.42. The monoisotopic (exact) mass is 425 g/mol. The molecular weight excluding hydrogens is 405 g/mol. The molecule has 3 rings (SSSR count). The first-order chi connectivity index (χ1) is 12.5. The molecule has 0 fully saturated rings. The number of rotatable bonds is 7. The van der Waals surface area contributed by atoms with Crippen LogP contribution in [0.1, 0.15) is 0 Å². The molecule has 0 saturated carbocycles. The number of fused-ring (bicyclic) bond motifs is 1. The van der Waals surface area contributed by atoms with E-state index in [-0.39, 0.29) is 24.9 Å². The predicted octanol–water partition coefficient (Wildman–Crippen LogP) is 4.35. The number of carbonyl (C=O) groups is 1. The van der Waals surface area contributed by atoms with Gasteiger partial charge in [-0.2, -0.15) is 0 Å². The van der Waals surface area contributed by atoms with Gasteiger partial charge in [-0.15, -0.1) is 12.4 Å². The van der Waals surface area contributed by atoms with Gasteiger partial charge in [0.15, 0.2) is 11.7 Å². The molecule has 0 bridgehead atoms. The smallest absolute Gasteiger partial charge is 0.266 e. The summed E-state index contributed by atoms with van der Waals surface area (Å²) in [5, 5.41) is 1.22. The van der Waals surface area contributed by atoms with Gasteiger partial charge in [-0.1, -0.05) is 47.2 Å². The van der Waals surface area contributed by atoms with Crippen molar-refractivity contribution >= 4 is 56.6 Å². The van der Waals surface area contributed by atoms with Gasteiger partial charge in [0, 0.05) is 13.1 Å². The second-order valence-electron chi connectivity index (χ2n) is 6.03. The number of nitrogens with zero attached hydrogens (tertiary/aromatic N) is 3. The molecule has 0 aliphatic carbocycles. The lowest BCUT2D eigenvalue weighted by molar-refractivity contribution is -0.120. The van der Waals surface area contributed by atoms with Gasteiger partial charge in [-0.05, 0) is 38.4 Å². The van der Waals surface area contributed by atoms with Crippen molar-refractivity contribution in [3.8, 4) is 5.75 Å². The molecule has 5 nitrogen and oxygen atoms in total. The van der Waals surface area contributed by atoms with E-state index in [1.807, 2.05) is 61.5 Å². The fourth-order valence-electron chi connectivity index (χ4n) is 2.39. The van der Waals surface area contributed by atoms with E-state index in [0.717, 1.165) is 16.8 Å². The number of halogens is 2. The molecule has 0 unspecified atom stereocenters. The quantitative estimate of drug-likeness (QED) is 0.564. The Kier molecular flexibility index (Phi) is 7.86. The number of aromatic nitrogens is 1. The Morgan fingerprint density at radius 2 is 1.85 bits per heavy atom. The van der Waals surface area contributed by atoms with Crippen molar-refractivity contribution in [2.75, 3.05) is 38.7 Å². The zero-order valence-electron chi connectivity index (χ0n) is 15.1. The van der Waals surface area contributed by atoms with Crippen LogP contribution in [0.5, 0.6) is 5.75 Å². The lowest BCUT2D eigenvalue weighted by Crippen LogP contribution is -2.39. The average molecular weight is 426 g/mol. The molecule has 0 radical (unpaired) electrons. The van der Waals surface area contributed by atoms with E-state index in [4.69, 9.17) is 16.3 Å². The first-order valence-electron chi connectivity index (χ1n) is 8.22. The number of amides is 1. The summed E-state index contributed by atoms with van der Waals surface area (Å²) >= 11 is 7.69. The number of thiazole rings is 1. The molecule has 1 aromatic heterocycles. The van der Waals surface area contributed by atoms with Crippen molar-refractivity contribution in [2.45, 2.75) is 0 Å². The number of hydrogen-bond donors (Lipinski definition) is 0. The van der Waals surface area contributed by atoms with Crippen LogP contribution in [-0.4, -0.2) is 49.6 Å². The van der Waals surface area contributed by atoms with Gasteiger partial charge in [-0.25, -0.2) is 4.98 Å². The molecule has 0 N–H and O–H groups in total. The fourth-order valence-corrected chi connectivity index (χ4v) is 3.69. The summed E-state index contributed by atoms with van der Waals surface area (Å²) in [6.45, 7) is 1.21. The maximum absolute atomic E-state index is 12.8. The molecule has 1 heterocycles. The third kappa shape index (κ3) is 5.56. The zero-order chi connectivity index (χ0) is 18.5. The van der Waals surface area contributed by atoms with Crippen molar-refractivity contribution in [1.82, 2.24) is 9.88 Å².